The molecule has 296 valence electrons. The van der Waals surface area contributed by atoms with Crippen LogP contribution in [0.3, 0.4) is 0 Å². The topological polar surface area (TPSA) is 119 Å². The number of nitrogens with one attached hydrogen (secondary N) is 1. The molecule has 10 nitrogen and oxygen atoms in total. The lowest BCUT2D eigenvalue weighted by molar-refractivity contribution is -0.137. The molecule has 10 heteroatoms. The maximum absolute atomic E-state index is 13.0. The Morgan fingerprint density at radius 2 is 1.61 bits per heavy atom. The van der Waals surface area contributed by atoms with Gasteiger partial charge >= 0.3 is 0 Å². The molecule has 0 bridgehead atoms. The third kappa shape index (κ3) is 9.41. The van der Waals surface area contributed by atoms with Crippen LogP contribution in [0, 0.1) is 5.92 Å². The molecular formula is C46H56N4O6. The monoisotopic (exact) mass is 760 g/mol. The molecule has 4 amide bonds. The Bertz CT molecular complexity index is 1890. The molecule has 3 aromatic carbocycles. The van der Waals surface area contributed by atoms with Crippen LogP contribution in [0.4, 0.5) is 0 Å². The third-order valence-electron chi connectivity index (χ3n) is 12.2. The quantitative estimate of drug-likeness (QED) is 0.113. The molecular weight excluding hydrogens is 705 g/mol. The molecule has 56 heavy (non-hydrogen) atoms. The van der Waals surface area contributed by atoms with Crippen molar-refractivity contribution >= 4 is 34.8 Å². The van der Waals surface area contributed by atoms with Crippen LogP contribution in [0.2, 0.25) is 0 Å². The van der Waals surface area contributed by atoms with Crippen molar-refractivity contribution in [1.82, 2.24) is 20.0 Å². The number of allylic oxidation sites excluding steroid dienone is 2. The number of aryl methyl sites for hydroxylation is 1. The number of unbranched alkanes of at least 4 members (excludes halogenated alkanes) is 1. The number of aliphatic hydroxyl groups excluding tert-OH is 1. The first kappa shape index (κ1) is 39.4. The Morgan fingerprint density at radius 3 is 2.32 bits per heavy atom. The van der Waals surface area contributed by atoms with E-state index in [0.29, 0.717) is 37.5 Å². The zero-order valence-corrected chi connectivity index (χ0v) is 32.7. The first-order valence-corrected chi connectivity index (χ1v) is 20.7. The Balaban J connectivity index is 0.823. The molecule has 3 heterocycles. The summed E-state index contributed by atoms with van der Waals surface area (Å²) in [5, 5.41) is 12.6. The van der Waals surface area contributed by atoms with Crippen LogP contribution in [0.25, 0.3) is 11.1 Å². The van der Waals surface area contributed by atoms with E-state index in [0.717, 1.165) is 101 Å². The van der Waals surface area contributed by atoms with E-state index in [9.17, 15) is 24.3 Å². The van der Waals surface area contributed by atoms with Crippen LogP contribution < -0.4 is 10.1 Å². The summed E-state index contributed by atoms with van der Waals surface area (Å²) < 4.78 is 6.20. The van der Waals surface area contributed by atoms with E-state index in [1.807, 2.05) is 23.1 Å². The predicted octanol–water partition coefficient (Wildman–Crippen LogP) is 6.26. The number of piperazine rings is 1. The van der Waals surface area contributed by atoms with E-state index in [-0.39, 0.29) is 30.2 Å². The molecule has 0 aromatic heterocycles. The highest BCUT2D eigenvalue weighted by atomic mass is 16.5. The van der Waals surface area contributed by atoms with E-state index in [4.69, 9.17) is 4.74 Å². The number of piperidine rings is 1. The molecule has 1 atom stereocenters. The van der Waals surface area contributed by atoms with E-state index in [1.165, 1.54) is 22.3 Å². The third-order valence-corrected chi connectivity index (χ3v) is 12.2. The van der Waals surface area contributed by atoms with Gasteiger partial charge in [-0.2, -0.15) is 0 Å². The largest absolute Gasteiger partial charge is 0.492 e. The van der Waals surface area contributed by atoms with Gasteiger partial charge in [0.2, 0.25) is 17.7 Å². The number of hydrogen-bond donors (Lipinski definition) is 2. The number of imide groups is 1. The maximum Gasteiger partial charge on any atom is 0.255 e. The number of benzene rings is 3. The first-order valence-electron chi connectivity index (χ1n) is 20.7. The highest BCUT2D eigenvalue weighted by Gasteiger charge is 2.39. The van der Waals surface area contributed by atoms with Gasteiger partial charge in [0, 0.05) is 57.7 Å². The van der Waals surface area contributed by atoms with Crippen molar-refractivity contribution < 1.29 is 29.0 Å². The van der Waals surface area contributed by atoms with Gasteiger partial charge in [-0.3, -0.25) is 29.4 Å². The van der Waals surface area contributed by atoms with Crippen LogP contribution in [0.1, 0.15) is 104 Å². The molecule has 0 spiro atoms. The smallest absolute Gasteiger partial charge is 0.255 e. The van der Waals surface area contributed by atoms with Crippen molar-refractivity contribution in [2.75, 3.05) is 39.3 Å². The number of hydrogen-bond acceptors (Lipinski definition) is 7. The van der Waals surface area contributed by atoms with Gasteiger partial charge in [-0.1, -0.05) is 61.5 Å². The van der Waals surface area contributed by atoms with Crippen molar-refractivity contribution in [3.63, 3.8) is 0 Å². The SMILES string of the molecule is CC/C(=C(/c1ccc(OCCN2CCN(C(=O)CCCCc3ccc4c(c3)CN(C3CCC(=O)NC3=O)C4=O)CC2)cc1)C1CCC(O)CC1)c1ccccc1. The lowest BCUT2D eigenvalue weighted by Crippen LogP contribution is -2.52. The van der Waals surface area contributed by atoms with Gasteiger partial charge in [0.15, 0.2) is 0 Å². The van der Waals surface area contributed by atoms with Crippen molar-refractivity contribution in [3.05, 3.63) is 101 Å². The summed E-state index contributed by atoms with van der Waals surface area (Å²) in [4.78, 5) is 55.9. The summed E-state index contributed by atoms with van der Waals surface area (Å²) in [7, 11) is 0. The van der Waals surface area contributed by atoms with Crippen LogP contribution >= 0.6 is 0 Å². The normalized spacial score (nSPS) is 22.1. The number of rotatable bonds is 14. The van der Waals surface area contributed by atoms with Gasteiger partial charge in [-0.05, 0) is 115 Å². The number of nitrogens with zero attached hydrogens (tertiary/aromatic N) is 3. The molecule has 3 aromatic rings. The van der Waals surface area contributed by atoms with E-state index in [1.54, 1.807) is 4.90 Å². The van der Waals surface area contributed by atoms with E-state index >= 15 is 0 Å². The van der Waals surface area contributed by atoms with Gasteiger partial charge in [0.1, 0.15) is 18.4 Å². The molecule has 2 saturated heterocycles. The molecule has 2 N–H and O–H groups in total. The molecule has 7 rings (SSSR count). The number of carbonyl (C=O) groups excluding carboxylic acids is 4. The van der Waals surface area contributed by atoms with Crippen molar-refractivity contribution in [1.29, 1.82) is 0 Å². The Morgan fingerprint density at radius 1 is 0.857 bits per heavy atom. The van der Waals surface area contributed by atoms with Crippen LogP contribution in [-0.4, -0.2) is 94.9 Å². The Labute approximate surface area is 330 Å². The van der Waals surface area contributed by atoms with Gasteiger partial charge < -0.3 is 19.6 Å². The summed E-state index contributed by atoms with van der Waals surface area (Å²) in [6.45, 7) is 7.13. The van der Waals surface area contributed by atoms with Gasteiger partial charge in [-0.25, -0.2) is 0 Å². The van der Waals surface area contributed by atoms with Gasteiger partial charge in [0.05, 0.1) is 6.10 Å². The average Bonchev–Trinajstić information content (AvgIpc) is 3.54. The summed E-state index contributed by atoms with van der Waals surface area (Å²) in [6, 6.07) is 24.5. The minimum absolute atomic E-state index is 0.158. The summed E-state index contributed by atoms with van der Waals surface area (Å²) in [6.07, 6.45) is 8.09. The van der Waals surface area contributed by atoms with Crippen molar-refractivity contribution in [2.45, 2.75) is 96.2 Å². The standard InChI is InChI=1S/C46H56N4O6/c1-2-39(33-9-4-3-5-10-33)44(34-13-17-37(51)18-14-34)35-15-19-38(20-16-35)56-29-28-48-24-26-49(27-25-48)43(53)11-7-6-8-32-12-21-40-36(30-32)31-50(46(40)55)41-22-23-42(52)47-45(41)54/h3-5,9-10,12,15-16,19-21,30,34,37,41,51H,2,6-8,11,13-14,17-18,22-29,31H2,1H3,(H,47,52,54)/b44-39-. The van der Waals surface area contributed by atoms with Gasteiger partial charge in [-0.15, -0.1) is 0 Å². The zero-order chi connectivity index (χ0) is 39.0. The van der Waals surface area contributed by atoms with Crippen LogP contribution in [0.5, 0.6) is 5.75 Å². The lowest BCUT2D eigenvalue weighted by atomic mass is 9.76. The van der Waals surface area contributed by atoms with Crippen molar-refractivity contribution in [3.8, 4) is 5.75 Å². The molecule has 3 fully saturated rings. The molecule has 1 saturated carbocycles. The van der Waals surface area contributed by atoms with Crippen LogP contribution in [-0.2, 0) is 27.3 Å². The van der Waals surface area contributed by atoms with Crippen molar-refractivity contribution in [2.24, 2.45) is 5.92 Å². The number of carbonyl (C=O) groups is 4. The summed E-state index contributed by atoms with van der Waals surface area (Å²) in [5.74, 6) is 0.652. The number of fused-ring (bicyclic) bond motifs is 1. The van der Waals surface area contributed by atoms with Gasteiger partial charge in [0.25, 0.3) is 5.91 Å². The lowest BCUT2D eigenvalue weighted by Gasteiger charge is -2.34. The fourth-order valence-corrected chi connectivity index (χ4v) is 9.00. The maximum atomic E-state index is 13.0. The highest BCUT2D eigenvalue weighted by Crippen LogP contribution is 2.41. The number of aliphatic hydroxyl groups is 1. The molecule has 1 unspecified atom stereocenters. The van der Waals surface area contributed by atoms with E-state index < -0.39 is 11.9 Å². The predicted molar refractivity (Wildman–Crippen MR) is 217 cm³/mol. The first-order chi connectivity index (χ1) is 27.3. The Kier molecular flexibility index (Phi) is 13.0. The fraction of sp³-hybridized carbons (Fsp3) is 0.478. The number of ether oxygens (including phenoxy) is 1. The second kappa shape index (κ2) is 18.4. The average molecular weight is 761 g/mol. The van der Waals surface area contributed by atoms with E-state index in [2.05, 4.69) is 71.7 Å². The minimum atomic E-state index is -0.610. The summed E-state index contributed by atoms with van der Waals surface area (Å²) >= 11 is 0. The zero-order valence-electron chi connectivity index (χ0n) is 32.7. The number of amides is 4. The minimum Gasteiger partial charge on any atom is -0.492 e. The van der Waals surface area contributed by atoms with Crippen LogP contribution in [0.15, 0.2) is 72.8 Å². The molecule has 0 radical (unpaired) electrons. The highest BCUT2D eigenvalue weighted by molar-refractivity contribution is 6.05. The second-order valence-electron chi connectivity index (χ2n) is 15.8. The fourth-order valence-electron chi connectivity index (χ4n) is 9.00. The molecule has 4 aliphatic rings. The Hall–Kier alpha value is -4.80. The second-order valence-corrected chi connectivity index (χ2v) is 15.8. The summed E-state index contributed by atoms with van der Waals surface area (Å²) in [5.41, 5.74) is 7.96. The molecule has 1 aliphatic carbocycles. The molecule has 3 aliphatic heterocycles.